The maximum absolute atomic E-state index is 5.98. The lowest BCUT2D eigenvalue weighted by atomic mass is 10.3. The topological polar surface area (TPSA) is 22.1 Å². The van der Waals surface area contributed by atoms with Gasteiger partial charge >= 0.3 is 0 Å². The third-order valence-corrected chi connectivity index (χ3v) is 3.97. The van der Waals surface area contributed by atoms with Gasteiger partial charge in [0, 0.05) is 5.56 Å². The summed E-state index contributed by atoms with van der Waals surface area (Å²) in [5.74, 6) is 0.725. The van der Waals surface area contributed by atoms with Crippen molar-refractivity contribution < 1.29 is 4.74 Å². The fourth-order valence-electron chi connectivity index (χ4n) is 1.32. The van der Waals surface area contributed by atoms with Gasteiger partial charge < -0.3 is 4.74 Å². The standard InChI is InChI=1S/C12H7Br2Cl2NO/c13-8-2-1-3-9(14)11(8)18-6-7-4-5-10(15)17-12(7)16/h1-5H,6H2. The summed E-state index contributed by atoms with van der Waals surface area (Å²) >= 11 is 18.6. The SMILES string of the molecule is Clc1ccc(COc2c(Br)cccc2Br)c(Cl)n1. The van der Waals surface area contributed by atoms with Gasteiger partial charge in [-0.1, -0.05) is 29.3 Å². The van der Waals surface area contributed by atoms with Gasteiger partial charge in [-0.05, 0) is 56.1 Å². The van der Waals surface area contributed by atoms with Crippen LogP contribution in [-0.4, -0.2) is 4.98 Å². The van der Waals surface area contributed by atoms with Crippen molar-refractivity contribution in [3.05, 3.63) is 55.1 Å². The average molecular weight is 412 g/mol. The Hall–Kier alpha value is -0.290. The molecule has 0 saturated heterocycles. The molecule has 0 spiro atoms. The summed E-state index contributed by atoms with van der Waals surface area (Å²) in [5, 5.41) is 0.719. The van der Waals surface area contributed by atoms with E-state index in [2.05, 4.69) is 36.8 Å². The smallest absolute Gasteiger partial charge is 0.148 e. The molecule has 6 heteroatoms. The Morgan fingerprint density at radius 1 is 1.06 bits per heavy atom. The summed E-state index contributed by atoms with van der Waals surface area (Å²) in [5.41, 5.74) is 0.781. The molecule has 2 aromatic rings. The van der Waals surface area contributed by atoms with Crippen molar-refractivity contribution in [2.75, 3.05) is 0 Å². The monoisotopic (exact) mass is 409 g/mol. The fraction of sp³-hybridized carbons (Fsp3) is 0.0833. The number of halogens is 4. The zero-order valence-corrected chi connectivity index (χ0v) is 13.6. The largest absolute Gasteiger partial charge is 0.486 e. The highest BCUT2D eigenvalue weighted by Gasteiger charge is 2.08. The summed E-state index contributed by atoms with van der Waals surface area (Å²) in [4.78, 5) is 3.96. The zero-order valence-electron chi connectivity index (χ0n) is 8.96. The van der Waals surface area contributed by atoms with Crippen LogP contribution >= 0.6 is 55.1 Å². The highest BCUT2D eigenvalue weighted by atomic mass is 79.9. The van der Waals surface area contributed by atoms with Crippen LogP contribution in [0.3, 0.4) is 0 Å². The average Bonchev–Trinajstić information content (AvgIpc) is 2.31. The third kappa shape index (κ3) is 3.38. The minimum atomic E-state index is 0.324. The van der Waals surface area contributed by atoms with Crippen LogP contribution in [-0.2, 0) is 6.61 Å². The minimum Gasteiger partial charge on any atom is -0.486 e. The number of aromatic nitrogens is 1. The number of benzene rings is 1. The summed E-state index contributed by atoms with van der Waals surface area (Å²) < 4.78 is 7.45. The van der Waals surface area contributed by atoms with E-state index >= 15 is 0 Å². The second kappa shape index (κ2) is 6.24. The maximum Gasteiger partial charge on any atom is 0.148 e. The first kappa shape index (κ1) is 14.1. The molecule has 0 atom stereocenters. The first-order chi connectivity index (χ1) is 8.58. The molecule has 1 aromatic heterocycles. The molecule has 0 radical (unpaired) electrons. The highest BCUT2D eigenvalue weighted by Crippen LogP contribution is 2.33. The first-order valence-corrected chi connectivity index (χ1v) is 7.30. The number of ether oxygens (including phenoxy) is 1. The van der Waals surface area contributed by atoms with E-state index in [-0.39, 0.29) is 0 Å². The van der Waals surface area contributed by atoms with Crippen LogP contribution in [0.1, 0.15) is 5.56 Å². The normalized spacial score (nSPS) is 10.4. The molecule has 0 bridgehead atoms. The zero-order chi connectivity index (χ0) is 13.1. The highest BCUT2D eigenvalue weighted by molar-refractivity contribution is 9.11. The minimum absolute atomic E-state index is 0.324. The van der Waals surface area contributed by atoms with Crippen molar-refractivity contribution in [3.63, 3.8) is 0 Å². The summed E-state index contributed by atoms with van der Waals surface area (Å²) in [6.07, 6.45) is 0. The van der Waals surface area contributed by atoms with E-state index < -0.39 is 0 Å². The van der Waals surface area contributed by atoms with Gasteiger partial charge in [-0.15, -0.1) is 0 Å². The number of rotatable bonds is 3. The van der Waals surface area contributed by atoms with Gasteiger partial charge in [0.25, 0.3) is 0 Å². The van der Waals surface area contributed by atoms with Crippen LogP contribution in [0.25, 0.3) is 0 Å². The van der Waals surface area contributed by atoms with E-state index in [4.69, 9.17) is 27.9 Å². The predicted octanol–water partition coefficient (Wildman–Crippen LogP) is 5.49. The summed E-state index contributed by atoms with van der Waals surface area (Å²) in [7, 11) is 0. The second-order valence-electron chi connectivity index (χ2n) is 3.42. The molecule has 0 unspecified atom stereocenters. The lowest BCUT2D eigenvalue weighted by molar-refractivity contribution is 0.302. The molecule has 1 heterocycles. The third-order valence-electron chi connectivity index (χ3n) is 2.18. The molecule has 2 nitrogen and oxygen atoms in total. The van der Waals surface area contributed by atoms with Crippen LogP contribution in [0, 0.1) is 0 Å². The van der Waals surface area contributed by atoms with Crippen molar-refractivity contribution in [2.45, 2.75) is 6.61 Å². The molecule has 2 rings (SSSR count). The Morgan fingerprint density at radius 2 is 1.72 bits per heavy atom. The Balaban J connectivity index is 2.16. The van der Waals surface area contributed by atoms with Crippen molar-refractivity contribution >= 4 is 55.1 Å². The molecular weight excluding hydrogens is 405 g/mol. The van der Waals surface area contributed by atoms with Gasteiger partial charge in [-0.3, -0.25) is 0 Å². The molecule has 18 heavy (non-hydrogen) atoms. The van der Waals surface area contributed by atoms with E-state index in [1.165, 1.54) is 0 Å². The van der Waals surface area contributed by atoms with Gasteiger partial charge in [0.15, 0.2) is 0 Å². The Labute approximate surface area is 132 Å². The summed E-state index contributed by atoms with van der Waals surface area (Å²) in [6, 6.07) is 9.20. The predicted molar refractivity (Wildman–Crippen MR) is 80.4 cm³/mol. The van der Waals surface area contributed by atoms with Gasteiger partial charge in [-0.2, -0.15) is 0 Å². The molecule has 0 N–H and O–H groups in total. The number of hydrogen-bond donors (Lipinski definition) is 0. The van der Waals surface area contributed by atoms with Crippen LogP contribution in [0.4, 0.5) is 0 Å². The van der Waals surface area contributed by atoms with E-state index in [9.17, 15) is 0 Å². The van der Waals surface area contributed by atoms with Crippen molar-refractivity contribution in [3.8, 4) is 5.75 Å². The quantitative estimate of drug-likeness (QED) is 0.623. The van der Waals surface area contributed by atoms with Crippen LogP contribution in [0.15, 0.2) is 39.3 Å². The fourth-order valence-corrected chi connectivity index (χ4v) is 2.95. The molecule has 1 aromatic carbocycles. The maximum atomic E-state index is 5.98. The number of pyridine rings is 1. The lowest BCUT2D eigenvalue weighted by Gasteiger charge is -2.10. The van der Waals surface area contributed by atoms with Crippen molar-refractivity contribution in [2.24, 2.45) is 0 Å². The van der Waals surface area contributed by atoms with E-state index in [0.29, 0.717) is 16.9 Å². The number of nitrogens with zero attached hydrogens (tertiary/aromatic N) is 1. The van der Waals surface area contributed by atoms with Crippen LogP contribution < -0.4 is 4.74 Å². The van der Waals surface area contributed by atoms with Gasteiger partial charge in [0.1, 0.15) is 22.7 Å². The Morgan fingerprint density at radius 3 is 2.33 bits per heavy atom. The molecule has 0 aliphatic heterocycles. The molecule has 0 fully saturated rings. The molecule has 0 aliphatic carbocycles. The Kier molecular flexibility index (Phi) is 4.90. The first-order valence-electron chi connectivity index (χ1n) is 4.95. The lowest BCUT2D eigenvalue weighted by Crippen LogP contribution is -1.98. The van der Waals surface area contributed by atoms with Crippen molar-refractivity contribution in [1.29, 1.82) is 0 Å². The van der Waals surface area contributed by atoms with Gasteiger partial charge in [0.05, 0.1) is 8.95 Å². The van der Waals surface area contributed by atoms with Crippen LogP contribution in [0.5, 0.6) is 5.75 Å². The molecule has 0 aliphatic rings. The summed E-state index contributed by atoms with van der Waals surface area (Å²) in [6.45, 7) is 0.324. The Bertz CT molecular complexity index is 558. The molecular formula is C12H7Br2Cl2NO. The van der Waals surface area contributed by atoms with Crippen LogP contribution in [0.2, 0.25) is 10.3 Å². The molecule has 94 valence electrons. The van der Waals surface area contributed by atoms with Crippen molar-refractivity contribution in [1.82, 2.24) is 4.98 Å². The van der Waals surface area contributed by atoms with Gasteiger partial charge in [-0.25, -0.2) is 4.98 Å². The molecule has 0 amide bonds. The van der Waals surface area contributed by atoms with E-state index in [1.807, 2.05) is 18.2 Å². The molecule has 0 saturated carbocycles. The van der Waals surface area contributed by atoms with E-state index in [1.54, 1.807) is 12.1 Å². The number of hydrogen-bond acceptors (Lipinski definition) is 2. The van der Waals surface area contributed by atoms with Gasteiger partial charge in [0.2, 0.25) is 0 Å². The second-order valence-corrected chi connectivity index (χ2v) is 5.88. The number of para-hydroxylation sites is 1. The van der Waals surface area contributed by atoms with E-state index in [0.717, 1.165) is 20.3 Å².